The molecule has 0 bridgehead atoms. The third-order valence-corrected chi connectivity index (χ3v) is 2.75. The summed E-state index contributed by atoms with van der Waals surface area (Å²) in [7, 11) is 0. The Kier molecular flexibility index (Phi) is 5.25. The van der Waals surface area contributed by atoms with Crippen LogP contribution in [0.15, 0.2) is 0 Å². The highest BCUT2D eigenvalue weighted by Crippen LogP contribution is 2.15. The van der Waals surface area contributed by atoms with Crippen LogP contribution in [0.3, 0.4) is 0 Å². The normalized spacial score (nSPS) is 16.8. The molecule has 0 aromatic carbocycles. The minimum atomic E-state index is -0.392. The molecule has 0 spiro atoms. The number of hydrogen-bond donors (Lipinski definition) is 1. The zero-order valence-electron chi connectivity index (χ0n) is 11.6. The standard InChI is InChI=1S/C13H26N2O2/c1-5-6-7-8-14-11-9-15(10-11)12(16)17-13(2,3)4/h11,14H,5-10H2,1-4H3. The Morgan fingerprint density at radius 2 is 2.00 bits per heavy atom. The fraction of sp³-hybridized carbons (Fsp3) is 0.923. The molecule has 4 nitrogen and oxygen atoms in total. The molecule has 1 heterocycles. The second kappa shape index (κ2) is 6.24. The van der Waals surface area contributed by atoms with Gasteiger partial charge in [-0.2, -0.15) is 0 Å². The molecule has 1 aliphatic rings. The second-order valence-corrected chi connectivity index (χ2v) is 5.74. The fourth-order valence-electron chi connectivity index (χ4n) is 1.76. The first-order valence-electron chi connectivity index (χ1n) is 6.63. The van der Waals surface area contributed by atoms with Gasteiger partial charge in [0.15, 0.2) is 0 Å². The monoisotopic (exact) mass is 242 g/mol. The Bertz CT molecular complexity index is 242. The van der Waals surface area contributed by atoms with Gasteiger partial charge in [-0.1, -0.05) is 19.8 Å². The molecule has 1 N–H and O–H groups in total. The van der Waals surface area contributed by atoms with Gasteiger partial charge in [-0.3, -0.25) is 0 Å². The van der Waals surface area contributed by atoms with Crippen molar-refractivity contribution in [1.29, 1.82) is 0 Å². The summed E-state index contributed by atoms with van der Waals surface area (Å²) in [6.07, 6.45) is 3.55. The van der Waals surface area contributed by atoms with Crippen LogP contribution in [0.4, 0.5) is 4.79 Å². The molecule has 0 radical (unpaired) electrons. The molecule has 0 aromatic rings. The zero-order chi connectivity index (χ0) is 12.9. The number of carbonyl (C=O) groups excluding carboxylic acids is 1. The molecular weight excluding hydrogens is 216 g/mol. The van der Waals surface area contributed by atoms with E-state index in [2.05, 4.69) is 12.2 Å². The van der Waals surface area contributed by atoms with Crippen molar-refractivity contribution in [2.45, 2.75) is 58.6 Å². The average molecular weight is 242 g/mol. The van der Waals surface area contributed by atoms with Crippen molar-refractivity contribution in [2.24, 2.45) is 0 Å². The predicted octanol–water partition coefficient (Wildman–Crippen LogP) is 2.39. The highest BCUT2D eigenvalue weighted by Gasteiger charge is 2.32. The number of rotatable bonds is 5. The second-order valence-electron chi connectivity index (χ2n) is 5.74. The maximum atomic E-state index is 11.6. The molecule has 1 rings (SSSR count). The smallest absolute Gasteiger partial charge is 0.410 e. The third kappa shape index (κ3) is 5.39. The molecule has 0 saturated carbocycles. The summed E-state index contributed by atoms with van der Waals surface area (Å²) in [5.41, 5.74) is -0.392. The van der Waals surface area contributed by atoms with Gasteiger partial charge in [0, 0.05) is 19.1 Å². The first-order valence-corrected chi connectivity index (χ1v) is 6.63. The van der Waals surface area contributed by atoms with Gasteiger partial charge in [-0.15, -0.1) is 0 Å². The van der Waals surface area contributed by atoms with Gasteiger partial charge >= 0.3 is 6.09 Å². The lowest BCUT2D eigenvalue weighted by molar-refractivity contribution is 0.00536. The average Bonchev–Trinajstić information content (AvgIpc) is 2.11. The van der Waals surface area contributed by atoms with Crippen molar-refractivity contribution in [3.05, 3.63) is 0 Å². The highest BCUT2D eigenvalue weighted by molar-refractivity contribution is 5.69. The molecule has 0 atom stereocenters. The number of likely N-dealkylation sites (tertiary alicyclic amines) is 1. The van der Waals surface area contributed by atoms with Gasteiger partial charge in [0.05, 0.1) is 0 Å². The summed E-state index contributed by atoms with van der Waals surface area (Å²) >= 11 is 0. The first kappa shape index (κ1) is 14.3. The Morgan fingerprint density at radius 1 is 1.35 bits per heavy atom. The molecule has 17 heavy (non-hydrogen) atoms. The van der Waals surface area contributed by atoms with E-state index >= 15 is 0 Å². The van der Waals surface area contributed by atoms with Gasteiger partial charge < -0.3 is 15.0 Å². The van der Waals surface area contributed by atoms with E-state index < -0.39 is 5.60 Å². The Labute approximate surface area is 105 Å². The molecule has 100 valence electrons. The number of nitrogens with one attached hydrogen (secondary N) is 1. The minimum absolute atomic E-state index is 0.191. The summed E-state index contributed by atoms with van der Waals surface area (Å²) in [6.45, 7) is 10.5. The van der Waals surface area contributed by atoms with Crippen LogP contribution in [0.2, 0.25) is 0 Å². The van der Waals surface area contributed by atoms with E-state index in [1.165, 1.54) is 19.3 Å². The fourth-order valence-corrected chi connectivity index (χ4v) is 1.76. The van der Waals surface area contributed by atoms with Crippen LogP contribution in [0.25, 0.3) is 0 Å². The number of carbonyl (C=O) groups is 1. The largest absolute Gasteiger partial charge is 0.444 e. The molecule has 1 fully saturated rings. The molecule has 0 aromatic heterocycles. The van der Waals surface area contributed by atoms with Crippen LogP contribution in [0.5, 0.6) is 0 Å². The van der Waals surface area contributed by atoms with Crippen LogP contribution in [-0.4, -0.2) is 42.3 Å². The SMILES string of the molecule is CCCCCNC1CN(C(=O)OC(C)(C)C)C1. The molecular formula is C13H26N2O2. The summed E-state index contributed by atoms with van der Waals surface area (Å²) in [5.74, 6) is 0. The first-order chi connectivity index (χ1) is 7.92. The lowest BCUT2D eigenvalue weighted by Crippen LogP contribution is -2.60. The van der Waals surface area contributed by atoms with E-state index in [0.717, 1.165) is 19.6 Å². The van der Waals surface area contributed by atoms with E-state index in [-0.39, 0.29) is 6.09 Å². The van der Waals surface area contributed by atoms with Crippen molar-refractivity contribution in [3.8, 4) is 0 Å². The number of ether oxygens (including phenoxy) is 1. The van der Waals surface area contributed by atoms with E-state index in [1.54, 1.807) is 4.90 Å². The van der Waals surface area contributed by atoms with E-state index in [1.807, 2.05) is 20.8 Å². The van der Waals surface area contributed by atoms with Gasteiger partial charge in [-0.25, -0.2) is 4.79 Å². The van der Waals surface area contributed by atoms with Gasteiger partial charge in [0.1, 0.15) is 5.60 Å². The topological polar surface area (TPSA) is 41.6 Å². The molecule has 4 heteroatoms. The molecule has 1 aliphatic heterocycles. The summed E-state index contributed by atoms with van der Waals surface area (Å²) < 4.78 is 5.29. The minimum Gasteiger partial charge on any atom is -0.444 e. The highest BCUT2D eigenvalue weighted by atomic mass is 16.6. The molecule has 0 aliphatic carbocycles. The third-order valence-electron chi connectivity index (χ3n) is 2.75. The van der Waals surface area contributed by atoms with E-state index in [4.69, 9.17) is 4.74 Å². The van der Waals surface area contributed by atoms with Gasteiger partial charge in [0.25, 0.3) is 0 Å². The number of hydrogen-bond acceptors (Lipinski definition) is 3. The van der Waals surface area contributed by atoms with Gasteiger partial charge in [0.2, 0.25) is 0 Å². The molecule has 0 unspecified atom stereocenters. The van der Waals surface area contributed by atoms with Crippen LogP contribution in [-0.2, 0) is 4.74 Å². The predicted molar refractivity (Wildman–Crippen MR) is 69.1 cm³/mol. The molecule has 1 saturated heterocycles. The quantitative estimate of drug-likeness (QED) is 0.753. The summed E-state index contributed by atoms with van der Waals surface area (Å²) in [4.78, 5) is 13.4. The Morgan fingerprint density at radius 3 is 2.53 bits per heavy atom. The van der Waals surface area contributed by atoms with Crippen LogP contribution in [0.1, 0.15) is 47.0 Å². The van der Waals surface area contributed by atoms with Gasteiger partial charge in [-0.05, 0) is 33.7 Å². The van der Waals surface area contributed by atoms with Crippen molar-refractivity contribution in [2.75, 3.05) is 19.6 Å². The summed E-state index contributed by atoms with van der Waals surface area (Å²) in [5, 5.41) is 3.45. The molecule has 1 amide bonds. The number of amides is 1. The van der Waals surface area contributed by atoms with Crippen LogP contribution in [0, 0.1) is 0 Å². The lowest BCUT2D eigenvalue weighted by Gasteiger charge is -2.40. The van der Waals surface area contributed by atoms with Crippen LogP contribution >= 0.6 is 0 Å². The van der Waals surface area contributed by atoms with Crippen molar-refractivity contribution in [1.82, 2.24) is 10.2 Å². The maximum Gasteiger partial charge on any atom is 0.410 e. The van der Waals surface area contributed by atoms with Crippen molar-refractivity contribution >= 4 is 6.09 Å². The van der Waals surface area contributed by atoms with Crippen molar-refractivity contribution < 1.29 is 9.53 Å². The lowest BCUT2D eigenvalue weighted by atomic mass is 10.1. The Hall–Kier alpha value is -0.770. The number of nitrogens with zero attached hydrogens (tertiary/aromatic N) is 1. The maximum absolute atomic E-state index is 11.6. The summed E-state index contributed by atoms with van der Waals surface area (Å²) in [6, 6.07) is 0.458. The number of unbranched alkanes of at least 4 members (excludes halogenated alkanes) is 2. The van der Waals surface area contributed by atoms with Crippen molar-refractivity contribution in [3.63, 3.8) is 0 Å². The van der Waals surface area contributed by atoms with E-state index in [0.29, 0.717) is 6.04 Å². The Balaban J connectivity index is 2.08. The zero-order valence-corrected chi connectivity index (χ0v) is 11.6. The van der Waals surface area contributed by atoms with Crippen LogP contribution < -0.4 is 5.32 Å². The van der Waals surface area contributed by atoms with E-state index in [9.17, 15) is 4.79 Å².